The number of hydrogen-bond acceptors (Lipinski definition) is 7. The molecule has 0 spiro atoms. The van der Waals surface area contributed by atoms with E-state index in [1.165, 1.54) is 46.4 Å². The van der Waals surface area contributed by atoms with E-state index in [2.05, 4.69) is 25.1 Å². The second-order valence-corrected chi connectivity index (χ2v) is 10.5. The summed E-state index contributed by atoms with van der Waals surface area (Å²) < 4.78 is 63.0. The maximum atomic E-state index is 15.1. The fraction of sp³-hybridized carbons (Fsp3) is 0.100. The third-order valence-corrected chi connectivity index (χ3v) is 7.36. The average Bonchev–Trinajstić information content (AvgIpc) is 3.76. The topological polar surface area (TPSA) is 115 Å². The van der Waals surface area contributed by atoms with Crippen molar-refractivity contribution in [3.63, 3.8) is 0 Å². The Morgan fingerprint density at radius 3 is 2.60 bits per heavy atom. The molecule has 15 heteroatoms. The van der Waals surface area contributed by atoms with Gasteiger partial charge in [0.2, 0.25) is 5.91 Å². The number of carbonyl (C=O) groups is 2. The van der Waals surface area contributed by atoms with Crippen molar-refractivity contribution in [1.82, 2.24) is 14.8 Å². The molecule has 1 aliphatic heterocycles. The van der Waals surface area contributed by atoms with E-state index in [1.807, 2.05) is 19.1 Å². The number of furan rings is 1. The number of aryl methyl sites for hydroxylation is 1. The molecule has 1 aliphatic rings. The zero-order valence-electron chi connectivity index (χ0n) is 23.1. The van der Waals surface area contributed by atoms with Crippen LogP contribution < -0.4 is 15.0 Å². The average molecular weight is 637 g/mol. The van der Waals surface area contributed by atoms with Crippen LogP contribution in [0.5, 0.6) is 5.75 Å². The first kappa shape index (κ1) is 29.6. The van der Waals surface area contributed by atoms with E-state index in [4.69, 9.17) is 4.42 Å². The van der Waals surface area contributed by atoms with Gasteiger partial charge in [-0.2, -0.15) is 4.99 Å². The van der Waals surface area contributed by atoms with E-state index in [1.54, 1.807) is 18.2 Å². The molecule has 1 fully saturated rings. The van der Waals surface area contributed by atoms with Gasteiger partial charge in [-0.3, -0.25) is 9.69 Å². The quantitative estimate of drug-likeness (QED) is 0.196. The summed E-state index contributed by atoms with van der Waals surface area (Å²) in [5, 5.41) is 6.78. The Hall–Kier alpha value is -5.44. The smallest absolute Gasteiger partial charge is 0.464 e. The Kier molecular flexibility index (Phi) is 7.85. The molecule has 3 amide bonds. The number of nitrogens with zero attached hydrogens (tertiary/aromatic N) is 5. The molecule has 3 aromatic carbocycles. The van der Waals surface area contributed by atoms with Crippen LogP contribution in [-0.2, 0) is 4.79 Å². The molecule has 0 bridgehead atoms. The van der Waals surface area contributed by atoms with Crippen LogP contribution >= 0.6 is 11.8 Å². The first-order valence-electron chi connectivity index (χ1n) is 13.1. The van der Waals surface area contributed by atoms with Crippen LogP contribution in [0.15, 0.2) is 94.8 Å². The Morgan fingerprint density at radius 2 is 1.89 bits per heavy atom. The number of aliphatic imine (C=N–C) groups is 1. The standard InChI is InChI=1S/C30H20F4N6O4S/c1-17-4-10-21(25-3-2-12-43-25)24(13-17)40-26(41)15-45-29(40)37-28(42)36-23-11-5-18(14-22(23)31)27-35-16-39(38-27)19-6-8-20(9-7-19)44-30(32,33)34/h2-14,16H,15H2,1H3,(H,36,42)/b37-29-. The number of thioether (sulfide) groups is 1. The van der Waals surface area contributed by atoms with Crippen molar-refractivity contribution in [1.29, 1.82) is 0 Å². The van der Waals surface area contributed by atoms with Gasteiger partial charge >= 0.3 is 12.4 Å². The molecular formula is C30H20F4N6O4S. The van der Waals surface area contributed by atoms with Crippen LogP contribution in [0.2, 0.25) is 0 Å². The van der Waals surface area contributed by atoms with Crippen molar-refractivity contribution < 1.29 is 36.3 Å². The molecular weight excluding hydrogens is 616 g/mol. The fourth-order valence-corrected chi connectivity index (χ4v) is 5.31. The van der Waals surface area contributed by atoms with Gasteiger partial charge in [0.25, 0.3) is 0 Å². The summed E-state index contributed by atoms with van der Waals surface area (Å²) in [6.07, 6.45) is -1.98. The van der Waals surface area contributed by atoms with Crippen LogP contribution in [0.25, 0.3) is 28.4 Å². The minimum absolute atomic E-state index is 0.0613. The van der Waals surface area contributed by atoms with Crippen molar-refractivity contribution in [2.45, 2.75) is 13.3 Å². The van der Waals surface area contributed by atoms with Gasteiger partial charge in [0.1, 0.15) is 23.7 Å². The summed E-state index contributed by atoms with van der Waals surface area (Å²) in [7, 11) is 0. The summed E-state index contributed by atoms with van der Waals surface area (Å²) in [5.74, 6) is -0.741. The van der Waals surface area contributed by atoms with Crippen LogP contribution in [0, 0.1) is 12.7 Å². The number of carbonyl (C=O) groups excluding carboxylic acids is 2. The molecule has 0 unspecified atom stereocenters. The lowest BCUT2D eigenvalue weighted by molar-refractivity contribution is -0.274. The normalized spacial score (nSPS) is 14.3. The molecule has 1 N–H and O–H groups in total. The molecule has 45 heavy (non-hydrogen) atoms. The molecule has 10 nitrogen and oxygen atoms in total. The number of amides is 3. The van der Waals surface area contributed by atoms with Crippen molar-refractivity contribution in [2.75, 3.05) is 16.0 Å². The van der Waals surface area contributed by atoms with Crippen molar-refractivity contribution in [3.8, 4) is 34.1 Å². The zero-order chi connectivity index (χ0) is 31.7. The second-order valence-electron chi connectivity index (χ2n) is 9.59. The molecule has 6 rings (SSSR count). The Balaban J connectivity index is 1.18. The Labute approximate surface area is 256 Å². The monoisotopic (exact) mass is 636 g/mol. The van der Waals surface area contributed by atoms with Gasteiger partial charge in [0.15, 0.2) is 11.0 Å². The van der Waals surface area contributed by atoms with Gasteiger partial charge in [0, 0.05) is 11.1 Å². The largest absolute Gasteiger partial charge is 0.573 e. The number of alkyl halides is 3. The predicted molar refractivity (Wildman–Crippen MR) is 159 cm³/mol. The Bertz CT molecular complexity index is 1920. The number of ether oxygens (including phenoxy) is 1. The highest BCUT2D eigenvalue weighted by atomic mass is 32.2. The van der Waals surface area contributed by atoms with Crippen LogP contribution in [0.4, 0.5) is 33.7 Å². The highest BCUT2D eigenvalue weighted by Gasteiger charge is 2.33. The lowest BCUT2D eigenvalue weighted by Gasteiger charge is -2.19. The lowest BCUT2D eigenvalue weighted by Crippen LogP contribution is -2.30. The number of halogens is 4. The number of nitrogens with one attached hydrogen (secondary N) is 1. The Morgan fingerprint density at radius 1 is 1.09 bits per heavy atom. The molecule has 0 saturated carbocycles. The maximum absolute atomic E-state index is 15.1. The van der Waals surface area contributed by atoms with Gasteiger partial charge in [-0.25, -0.2) is 18.9 Å². The van der Waals surface area contributed by atoms with Crippen LogP contribution in [0.3, 0.4) is 0 Å². The van der Waals surface area contributed by atoms with Gasteiger partial charge in [-0.1, -0.05) is 17.8 Å². The van der Waals surface area contributed by atoms with E-state index in [9.17, 15) is 22.8 Å². The number of hydrogen-bond donors (Lipinski definition) is 1. The predicted octanol–water partition coefficient (Wildman–Crippen LogP) is 7.21. The molecule has 1 saturated heterocycles. The molecule has 228 valence electrons. The zero-order valence-corrected chi connectivity index (χ0v) is 23.9. The summed E-state index contributed by atoms with van der Waals surface area (Å²) in [4.78, 5) is 35.3. The summed E-state index contributed by atoms with van der Waals surface area (Å²) in [5.41, 5.74) is 2.52. The van der Waals surface area contributed by atoms with Crippen molar-refractivity contribution >= 4 is 40.2 Å². The molecule has 0 atom stereocenters. The first-order valence-corrected chi connectivity index (χ1v) is 14.1. The van der Waals surface area contributed by atoms with Crippen LogP contribution in [0.1, 0.15) is 5.56 Å². The number of urea groups is 1. The van der Waals surface area contributed by atoms with E-state index in [0.29, 0.717) is 22.7 Å². The molecule has 2 aromatic heterocycles. The van der Waals surface area contributed by atoms with E-state index < -0.39 is 24.0 Å². The number of amidine groups is 1. The number of rotatable bonds is 6. The first-order chi connectivity index (χ1) is 21.5. The van der Waals surface area contributed by atoms with E-state index in [-0.39, 0.29) is 33.9 Å². The van der Waals surface area contributed by atoms with Gasteiger partial charge < -0.3 is 14.5 Å². The van der Waals surface area contributed by atoms with Gasteiger partial charge in [-0.05, 0) is 79.2 Å². The SMILES string of the molecule is Cc1ccc(-c2ccco2)c(N2C(=O)CS/C2=N\C(=O)Nc2ccc(-c3ncn(-c4ccc(OC(F)(F)F)cc4)n3)cc2F)c1. The summed E-state index contributed by atoms with van der Waals surface area (Å²) >= 11 is 1.08. The molecule has 3 heterocycles. The van der Waals surface area contributed by atoms with Crippen LogP contribution in [-0.4, -0.2) is 44.0 Å². The fourth-order valence-electron chi connectivity index (χ4n) is 4.45. The number of anilines is 2. The van der Waals surface area contributed by atoms with Crippen molar-refractivity contribution in [2.24, 2.45) is 4.99 Å². The van der Waals surface area contributed by atoms with Gasteiger partial charge in [0.05, 0.1) is 29.1 Å². The number of aromatic nitrogens is 3. The third kappa shape index (κ3) is 6.57. The van der Waals surface area contributed by atoms with Crippen molar-refractivity contribution in [3.05, 3.63) is 96.8 Å². The molecule has 0 aliphatic carbocycles. The minimum atomic E-state index is -4.81. The second kappa shape index (κ2) is 11.9. The van der Waals surface area contributed by atoms with E-state index >= 15 is 4.39 Å². The molecule has 0 radical (unpaired) electrons. The third-order valence-electron chi connectivity index (χ3n) is 6.44. The highest BCUT2D eigenvalue weighted by molar-refractivity contribution is 8.15. The summed E-state index contributed by atoms with van der Waals surface area (Å²) in [6, 6.07) is 16.9. The molecule has 5 aromatic rings. The highest BCUT2D eigenvalue weighted by Crippen LogP contribution is 2.36. The van der Waals surface area contributed by atoms with E-state index in [0.717, 1.165) is 35.5 Å². The van der Waals surface area contributed by atoms with Gasteiger partial charge in [-0.15, -0.1) is 18.3 Å². The minimum Gasteiger partial charge on any atom is -0.464 e. The summed E-state index contributed by atoms with van der Waals surface area (Å²) in [6.45, 7) is 1.87. The lowest BCUT2D eigenvalue weighted by atomic mass is 10.1. The maximum Gasteiger partial charge on any atom is 0.573 e. The number of benzene rings is 3.